The summed E-state index contributed by atoms with van der Waals surface area (Å²) in [4.78, 5) is 28.6. The Morgan fingerprint density at radius 2 is 1.82 bits per heavy atom. The highest BCUT2D eigenvalue weighted by molar-refractivity contribution is 6.04. The van der Waals surface area contributed by atoms with E-state index in [1.807, 2.05) is 0 Å². The smallest absolute Gasteiger partial charge is 0.284 e. The molecule has 1 saturated heterocycles. The number of Topliss-reactive ketones (excluding diaryl/α,β-unsaturated/α-hetero) is 1. The average molecular weight is 483 g/mol. The second-order valence-electron chi connectivity index (χ2n) is 7.47. The van der Waals surface area contributed by atoms with Gasteiger partial charge in [0.05, 0.1) is 24.6 Å². The number of fused-ring (bicyclic) bond motifs is 1. The number of amides is 1. The Balaban J connectivity index is 0.000000618. The number of rotatable bonds is 4. The summed E-state index contributed by atoms with van der Waals surface area (Å²) in [5.41, 5.74) is 0.382. The van der Waals surface area contributed by atoms with E-state index in [4.69, 9.17) is 0 Å². The van der Waals surface area contributed by atoms with Gasteiger partial charge in [-0.3, -0.25) is 13.9 Å². The Labute approximate surface area is 195 Å². The van der Waals surface area contributed by atoms with Gasteiger partial charge in [0.25, 0.3) is 12.3 Å². The molecule has 4 heterocycles. The Morgan fingerprint density at radius 1 is 1.12 bits per heavy atom. The van der Waals surface area contributed by atoms with Crippen molar-refractivity contribution in [3.8, 4) is 0 Å². The Morgan fingerprint density at radius 3 is 2.50 bits per heavy atom. The van der Waals surface area contributed by atoms with Gasteiger partial charge in [-0.25, -0.2) is 18.3 Å². The third kappa shape index (κ3) is 7.01. The summed E-state index contributed by atoms with van der Waals surface area (Å²) in [6, 6.07) is 3.30. The fraction of sp³-hybridized carbons (Fsp3) is 0.476. The molecule has 4 rings (SSSR count). The number of ketones is 1. The van der Waals surface area contributed by atoms with Gasteiger partial charge < -0.3 is 20.3 Å². The van der Waals surface area contributed by atoms with Crippen LogP contribution in [0.4, 0.5) is 24.8 Å². The summed E-state index contributed by atoms with van der Waals surface area (Å²) in [7, 11) is 2.02. The van der Waals surface area contributed by atoms with Gasteiger partial charge in [-0.05, 0) is 38.9 Å². The lowest BCUT2D eigenvalue weighted by atomic mass is 10.3. The van der Waals surface area contributed by atoms with Gasteiger partial charge in [-0.1, -0.05) is 0 Å². The molecule has 0 radical (unpaired) electrons. The Bertz CT molecular complexity index is 1090. The molecule has 10 nitrogen and oxygen atoms in total. The minimum atomic E-state index is -2.79. The molecule has 0 atom stereocenters. The fourth-order valence-electron chi connectivity index (χ4n) is 3.21. The second kappa shape index (κ2) is 12.7. The highest BCUT2D eigenvalue weighted by Crippen LogP contribution is 2.25. The van der Waals surface area contributed by atoms with Crippen molar-refractivity contribution in [1.29, 1.82) is 0 Å². The Hall–Kier alpha value is -3.48. The zero-order valence-corrected chi connectivity index (χ0v) is 19.6. The van der Waals surface area contributed by atoms with E-state index in [9.17, 15) is 22.8 Å². The topological polar surface area (TPSA) is 109 Å². The fourth-order valence-corrected chi connectivity index (χ4v) is 3.21. The van der Waals surface area contributed by atoms with Crippen molar-refractivity contribution in [2.45, 2.75) is 26.7 Å². The number of nitrogens with zero attached hydrogens (tertiary/aromatic N) is 6. The van der Waals surface area contributed by atoms with Crippen LogP contribution in [-0.2, 0) is 11.8 Å². The van der Waals surface area contributed by atoms with Gasteiger partial charge in [0.15, 0.2) is 5.69 Å². The summed E-state index contributed by atoms with van der Waals surface area (Å²) in [5, 5.41) is 14.0. The minimum Gasteiger partial charge on any atom is -0.338 e. The normalized spacial score (nSPS) is 13.5. The molecule has 0 spiro atoms. The molecule has 1 aliphatic rings. The van der Waals surface area contributed by atoms with Crippen molar-refractivity contribution >= 4 is 28.8 Å². The monoisotopic (exact) mass is 482 g/mol. The first-order valence-corrected chi connectivity index (χ1v) is 10.5. The van der Waals surface area contributed by atoms with Crippen LogP contribution in [0.25, 0.3) is 5.52 Å². The molecular weight excluding hydrogens is 453 g/mol. The third-order valence-corrected chi connectivity index (χ3v) is 4.55. The Kier molecular flexibility index (Phi) is 9.98. The van der Waals surface area contributed by atoms with Crippen molar-refractivity contribution < 1.29 is 22.8 Å². The van der Waals surface area contributed by atoms with Crippen molar-refractivity contribution in [2.75, 3.05) is 43.6 Å². The number of nitrogens with one attached hydrogen (secondary N) is 2. The standard InChI is InChI=1S/C17H20F2N8O.C3H6O.CH3F/c1-25-10-12(14(23-25)15(18)19)22-16(28)13-4-3-11-9-21-17(24-27(11)13)26-7-2-5-20-6-8-26;1-3(2)4;1-2/h3-4,9-10,15,20H,2,5-8H2,1H3,(H,22,28);1-2H3;1H3. The molecule has 2 N–H and O–H groups in total. The molecule has 34 heavy (non-hydrogen) atoms. The first kappa shape index (κ1) is 26.8. The third-order valence-electron chi connectivity index (χ3n) is 4.55. The molecule has 1 amide bonds. The van der Waals surface area contributed by atoms with Crippen LogP contribution in [-0.4, -0.2) is 69.4 Å². The van der Waals surface area contributed by atoms with Crippen molar-refractivity contribution in [3.05, 3.63) is 35.9 Å². The first-order valence-electron chi connectivity index (χ1n) is 10.5. The van der Waals surface area contributed by atoms with Crippen LogP contribution in [0.1, 0.15) is 42.9 Å². The molecule has 0 bridgehead atoms. The maximum absolute atomic E-state index is 13.1. The van der Waals surface area contributed by atoms with E-state index < -0.39 is 18.0 Å². The number of alkyl halides is 3. The van der Waals surface area contributed by atoms with E-state index in [-0.39, 0.29) is 17.2 Å². The van der Waals surface area contributed by atoms with Crippen LogP contribution >= 0.6 is 0 Å². The molecule has 3 aromatic heterocycles. The zero-order chi connectivity index (χ0) is 25.3. The quantitative estimate of drug-likeness (QED) is 0.588. The van der Waals surface area contributed by atoms with Gasteiger partial charge in [0.1, 0.15) is 11.5 Å². The molecule has 1 aliphatic heterocycles. The van der Waals surface area contributed by atoms with Crippen LogP contribution in [0.15, 0.2) is 24.5 Å². The number of carbonyl (C=O) groups is 2. The lowest BCUT2D eigenvalue weighted by Gasteiger charge is -2.19. The summed E-state index contributed by atoms with van der Waals surface area (Å²) in [6.45, 7) is 6.40. The minimum absolute atomic E-state index is 0.0228. The summed E-state index contributed by atoms with van der Waals surface area (Å²) < 4.78 is 38.4. The summed E-state index contributed by atoms with van der Waals surface area (Å²) in [5.74, 6) is 0.146. The van der Waals surface area contributed by atoms with Crippen LogP contribution in [0, 0.1) is 0 Å². The van der Waals surface area contributed by atoms with Crippen molar-refractivity contribution in [3.63, 3.8) is 0 Å². The lowest BCUT2D eigenvalue weighted by molar-refractivity contribution is -0.115. The van der Waals surface area contributed by atoms with Gasteiger partial charge in [-0.2, -0.15) is 5.10 Å². The summed E-state index contributed by atoms with van der Waals surface area (Å²) >= 11 is 0. The molecule has 0 aliphatic carbocycles. The number of aromatic nitrogens is 5. The maximum atomic E-state index is 13.1. The zero-order valence-electron chi connectivity index (χ0n) is 19.6. The van der Waals surface area contributed by atoms with Crippen LogP contribution in [0.5, 0.6) is 0 Å². The van der Waals surface area contributed by atoms with Gasteiger partial charge in [0, 0.05) is 32.9 Å². The van der Waals surface area contributed by atoms with E-state index in [1.54, 1.807) is 18.3 Å². The summed E-state index contributed by atoms with van der Waals surface area (Å²) in [6.07, 6.45) is 1.18. The number of aryl methyl sites for hydroxylation is 1. The first-order chi connectivity index (χ1) is 16.3. The molecule has 186 valence electrons. The predicted octanol–water partition coefficient (Wildman–Crippen LogP) is 2.63. The van der Waals surface area contributed by atoms with Crippen molar-refractivity contribution in [1.82, 2.24) is 29.7 Å². The molecular formula is C21H29F3N8O2. The largest absolute Gasteiger partial charge is 0.338 e. The molecule has 13 heteroatoms. The molecule has 0 aromatic carbocycles. The number of hydrogen-bond donors (Lipinski definition) is 2. The predicted molar refractivity (Wildman–Crippen MR) is 122 cm³/mol. The van der Waals surface area contributed by atoms with E-state index >= 15 is 0 Å². The SMILES string of the molecule is CC(C)=O.CF.Cn1cc(NC(=O)c2ccc3cnc(N4CCCNCC4)nn23)c(C(F)F)n1. The van der Waals surface area contributed by atoms with Gasteiger partial charge in [0.2, 0.25) is 5.95 Å². The second-order valence-corrected chi connectivity index (χ2v) is 7.47. The van der Waals surface area contributed by atoms with E-state index in [1.165, 1.54) is 36.3 Å². The maximum Gasteiger partial charge on any atom is 0.284 e. The number of anilines is 2. The van der Waals surface area contributed by atoms with Crippen LogP contribution in [0.2, 0.25) is 0 Å². The van der Waals surface area contributed by atoms with E-state index in [0.717, 1.165) is 32.6 Å². The van der Waals surface area contributed by atoms with E-state index in [0.29, 0.717) is 18.6 Å². The lowest BCUT2D eigenvalue weighted by Crippen LogP contribution is -2.30. The van der Waals surface area contributed by atoms with Crippen LogP contribution < -0.4 is 15.5 Å². The number of hydrogen-bond acceptors (Lipinski definition) is 7. The average Bonchev–Trinajstić information content (AvgIpc) is 3.27. The molecule has 0 unspecified atom stereocenters. The number of halogens is 3. The molecule has 0 saturated carbocycles. The number of carbonyl (C=O) groups excluding carboxylic acids is 2. The van der Waals surface area contributed by atoms with Gasteiger partial charge in [-0.15, -0.1) is 5.10 Å². The van der Waals surface area contributed by atoms with E-state index in [2.05, 4.69) is 30.7 Å². The highest BCUT2D eigenvalue weighted by atomic mass is 19.3. The van der Waals surface area contributed by atoms with Crippen LogP contribution in [0.3, 0.4) is 0 Å². The molecule has 3 aromatic rings. The highest BCUT2D eigenvalue weighted by Gasteiger charge is 2.22. The van der Waals surface area contributed by atoms with Crippen molar-refractivity contribution in [2.24, 2.45) is 7.05 Å². The van der Waals surface area contributed by atoms with Gasteiger partial charge >= 0.3 is 0 Å². The molecule has 1 fully saturated rings.